The summed E-state index contributed by atoms with van der Waals surface area (Å²) in [4.78, 5) is 2.41. The van der Waals surface area contributed by atoms with Gasteiger partial charge in [0.05, 0.1) is 5.60 Å². The van der Waals surface area contributed by atoms with E-state index >= 15 is 0 Å². The van der Waals surface area contributed by atoms with Crippen molar-refractivity contribution < 1.29 is 5.11 Å². The third-order valence-corrected chi connectivity index (χ3v) is 3.58. The van der Waals surface area contributed by atoms with E-state index in [0.29, 0.717) is 0 Å². The van der Waals surface area contributed by atoms with Gasteiger partial charge in [-0.2, -0.15) is 0 Å². The fourth-order valence-corrected chi connectivity index (χ4v) is 1.77. The second-order valence-corrected chi connectivity index (χ2v) is 4.82. The molecule has 0 amide bonds. The van der Waals surface area contributed by atoms with Crippen LogP contribution in [0.2, 0.25) is 0 Å². The molecule has 0 atom stereocenters. The first-order valence-electron chi connectivity index (χ1n) is 6.24. The predicted molar refractivity (Wildman–Crippen MR) is 64.1 cm³/mol. The summed E-state index contributed by atoms with van der Waals surface area (Å²) in [5.41, 5.74) is -0.502. The summed E-state index contributed by atoms with van der Waals surface area (Å²) in [6.07, 6.45) is 4.39. The number of nitrogens with zero attached hydrogens (tertiary/aromatic N) is 1. The first-order valence-corrected chi connectivity index (χ1v) is 6.24. The Hall–Kier alpha value is -0.120. The normalized spacial score (nSPS) is 17.4. The van der Waals surface area contributed by atoms with Crippen molar-refractivity contribution >= 4 is 0 Å². The van der Waals surface area contributed by atoms with E-state index in [-0.39, 0.29) is 0 Å². The molecule has 15 heavy (non-hydrogen) atoms. The Balaban J connectivity index is 2.04. The number of hydrogen-bond acceptors (Lipinski definition) is 3. The van der Waals surface area contributed by atoms with Crippen LogP contribution in [0, 0.1) is 0 Å². The summed E-state index contributed by atoms with van der Waals surface area (Å²) >= 11 is 0. The van der Waals surface area contributed by atoms with Crippen LogP contribution in [-0.4, -0.2) is 48.3 Å². The highest BCUT2D eigenvalue weighted by atomic mass is 16.3. The maximum atomic E-state index is 10.0. The van der Waals surface area contributed by atoms with Gasteiger partial charge in [0, 0.05) is 25.7 Å². The van der Waals surface area contributed by atoms with Crippen LogP contribution in [-0.2, 0) is 0 Å². The van der Waals surface area contributed by atoms with Gasteiger partial charge in [0.1, 0.15) is 0 Å². The fraction of sp³-hybridized carbons (Fsp3) is 1.00. The van der Waals surface area contributed by atoms with Crippen molar-refractivity contribution in [1.29, 1.82) is 0 Å². The van der Waals surface area contributed by atoms with Crippen molar-refractivity contribution in [2.45, 2.75) is 51.2 Å². The summed E-state index contributed by atoms with van der Waals surface area (Å²) < 4.78 is 0. The first-order chi connectivity index (χ1) is 7.11. The molecular formula is C12H26N2O. The molecule has 0 aromatic heterocycles. The van der Waals surface area contributed by atoms with Crippen molar-refractivity contribution in [2.24, 2.45) is 0 Å². The highest BCUT2D eigenvalue weighted by Gasteiger charge is 2.26. The summed E-state index contributed by atoms with van der Waals surface area (Å²) in [6.45, 7) is 6.88. The minimum Gasteiger partial charge on any atom is -0.389 e. The molecule has 2 N–H and O–H groups in total. The lowest BCUT2D eigenvalue weighted by molar-refractivity contribution is 0.0323. The average Bonchev–Trinajstić information content (AvgIpc) is 3.07. The van der Waals surface area contributed by atoms with E-state index in [2.05, 4.69) is 17.3 Å². The van der Waals surface area contributed by atoms with Crippen LogP contribution in [0.4, 0.5) is 0 Å². The van der Waals surface area contributed by atoms with Crippen molar-refractivity contribution in [3.8, 4) is 0 Å². The number of aliphatic hydroxyl groups is 1. The van der Waals surface area contributed by atoms with Crippen molar-refractivity contribution in [2.75, 3.05) is 26.7 Å². The van der Waals surface area contributed by atoms with E-state index in [9.17, 15) is 5.11 Å². The van der Waals surface area contributed by atoms with Crippen LogP contribution in [0.5, 0.6) is 0 Å². The highest BCUT2D eigenvalue weighted by molar-refractivity contribution is 4.83. The Morgan fingerprint density at radius 1 is 1.33 bits per heavy atom. The van der Waals surface area contributed by atoms with Gasteiger partial charge in [-0.25, -0.2) is 0 Å². The number of likely N-dealkylation sites (N-methyl/N-ethyl adjacent to an activating group) is 1. The monoisotopic (exact) mass is 214 g/mol. The molecule has 1 aliphatic carbocycles. The molecule has 0 spiro atoms. The molecule has 0 heterocycles. The summed E-state index contributed by atoms with van der Waals surface area (Å²) in [5.74, 6) is 0. The van der Waals surface area contributed by atoms with Gasteiger partial charge >= 0.3 is 0 Å². The van der Waals surface area contributed by atoms with E-state index in [1.165, 1.54) is 12.8 Å². The molecule has 1 fully saturated rings. The molecule has 0 bridgehead atoms. The second-order valence-electron chi connectivity index (χ2n) is 4.82. The van der Waals surface area contributed by atoms with Gasteiger partial charge in [-0.3, -0.25) is 0 Å². The zero-order valence-corrected chi connectivity index (χ0v) is 10.4. The molecule has 1 saturated carbocycles. The van der Waals surface area contributed by atoms with Gasteiger partial charge in [-0.1, -0.05) is 13.8 Å². The van der Waals surface area contributed by atoms with Gasteiger partial charge in [-0.15, -0.1) is 0 Å². The van der Waals surface area contributed by atoms with E-state index in [1.54, 1.807) is 0 Å². The molecule has 0 aromatic carbocycles. The van der Waals surface area contributed by atoms with E-state index in [4.69, 9.17) is 0 Å². The third-order valence-electron chi connectivity index (χ3n) is 3.58. The first kappa shape index (κ1) is 12.9. The highest BCUT2D eigenvalue weighted by Crippen LogP contribution is 2.24. The van der Waals surface area contributed by atoms with Crippen LogP contribution in [0.3, 0.4) is 0 Å². The molecule has 3 heteroatoms. The quantitative estimate of drug-likeness (QED) is 0.596. The molecule has 1 aliphatic rings. The predicted octanol–water partition coefficient (Wildman–Crippen LogP) is 1.22. The molecule has 0 saturated heterocycles. The van der Waals surface area contributed by atoms with Crippen molar-refractivity contribution in [3.63, 3.8) is 0 Å². The molecule has 90 valence electrons. The largest absolute Gasteiger partial charge is 0.389 e. The Kier molecular flexibility index (Phi) is 5.03. The molecule has 0 unspecified atom stereocenters. The van der Waals surface area contributed by atoms with Gasteiger partial charge < -0.3 is 15.3 Å². The maximum absolute atomic E-state index is 10.0. The van der Waals surface area contributed by atoms with Crippen LogP contribution >= 0.6 is 0 Å². The Bertz CT molecular complexity index is 176. The zero-order chi connectivity index (χ0) is 11.3. The average molecular weight is 214 g/mol. The lowest BCUT2D eigenvalue weighted by atomic mass is 9.98. The van der Waals surface area contributed by atoms with Gasteiger partial charge in [0.25, 0.3) is 0 Å². The minimum absolute atomic E-state index is 0.502. The maximum Gasteiger partial charge on any atom is 0.0766 e. The van der Waals surface area contributed by atoms with E-state index in [1.807, 2.05) is 13.8 Å². The number of nitrogens with one attached hydrogen (secondary N) is 1. The van der Waals surface area contributed by atoms with Crippen LogP contribution < -0.4 is 5.32 Å². The fourth-order valence-electron chi connectivity index (χ4n) is 1.77. The molecule has 0 aromatic rings. The van der Waals surface area contributed by atoms with Crippen molar-refractivity contribution in [1.82, 2.24) is 10.2 Å². The molecular weight excluding hydrogens is 188 g/mol. The van der Waals surface area contributed by atoms with Gasteiger partial charge in [-0.05, 0) is 32.7 Å². The zero-order valence-electron chi connectivity index (χ0n) is 10.4. The summed E-state index contributed by atoms with van der Waals surface area (Å²) in [6, 6.07) is 0.836. The lowest BCUT2D eigenvalue weighted by Crippen LogP contribution is -2.42. The van der Waals surface area contributed by atoms with Crippen LogP contribution in [0.1, 0.15) is 39.5 Å². The van der Waals surface area contributed by atoms with Gasteiger partial charge in [0.2, 0.25) is 0 Å². The van der Waals surface area contributed by atoms with E-state index in [0.717, 1.165) is 38.5 Å². The number of rotatable bonds is 8. The minimum atomic E-state index is -0.502. The Labute approximate surface area is 93.9 Å². The summed E-state index contributed by atoms with van der Waals surface area (Å²) in [7, 11) is 2.19. The number of hydrogen-bond donors (Lipinski definition) is 2. The SMILES string of the molecule is CCC(O)(CC)CNCCN(C)C1CC1. The third kappa shape index (κ3) is 4.49. The molecule has 1 rings (SSSR count). The molecule has 0 radical (unpaired) electrons. The van der Waals surface area contributed by atoms with E-state index < -0.39 is 5.60 Å². The topological polar surface area (TPSA) is 35.5 Å². The Morgan fingerprint density at radius 3 is 2.40 bits per heavy atom. The van der Waals surface area contributed by atoms with Crippen LogP contribution in [0.15, 0.2) is 0 Å². The standard InChI is InChI=1S/C12H26N2O/c1-4-12(15,5-2)10-13-8-9-14(3)11-6-7-11/h11,13,15H,4-10H2,1-3H3. The Morgan fingerprint density at radius 2 is 1.93 bits per heavy atom. The second kappa shape index (κ2) is 5.83. The summed E-state index contributed by atoms with van der Waals surface area (Å²) in [5, 5.41) is 13.4. The van der Waals surface area contributed by atoms with Crippen molar-refractivity contribution in [3.05, 3.63) is 0 Å². The van der Waals surface area contributed by atoms with Crippen LogP contribution in [0.25, 0.3) is 0 Å². The molecule has 3 nitrogen and oxygen atoms in total. The lowest BCUT2D eigenvalue weighted by Gasteiger charge is -2.26. The van der Waals surface area contributed by atoms with Gasteiger partial charge in [0.15, 0.2) is 0 Å². The smallest absolute Gasteiger partial charge is 0.0766 e. The molecule has 0 aliphatic heterocycles.